The van der Waals surface area contributed by atoms with Crippen LogP contribution in [0.25, 0.3) is 0 Å². The van der Waals surface area contributed by atoms with Crippen molar-refractivity contribution in [3.8, 4) is 0 Å². The van der Waals surface area contributed by atoms with Crippen molar-refractivity contribution < 1.29 is 28.6 Å². The summed E-state index contributed by atoms with van der Waals surface area (Å²) < 4.78 is 16.9. The number of hydrogen-bond donors (Lipinski definition) is 0. The van der Waals surface area contributed by atoms with Crippen LogP contribution in [0, 0.1) is 0 Å². The summed E-state index contributed by atoms with van der Waals surface area (Å²) in [5.74, 6) is -0.887. The third-order valence-electron chi connectivity index (χ3n) is 13.9. The Kier molecular flexibility index (Phi) is 59.7. The molecule has 428 valence electrons. The van der Waals surface area contributed by atoms with Crippen molar-refractivity contribution in [1.82, 2.24) is 0 Å². The van der Waals surface area contributed by atoms with Crippen LogP contribution in [0.5, 0.6) is 0 Å². The average molecular weight is 1030 g/mol. The highest BCUT2D eigenvalue weighted by Crippen LogP contribution is 2.16. The highest BCUT2D eigenvalue weighted by atomic mass is 16.6. The zero-order valence-electron chi connectivity index (χ0n) is 49.1. The molecule has 0 fully saturated rings. The van der Waals surface area contributed by atoms with Gasteiger partial charge in [-0.25, -0.2) is 0 Å². The van der Waals surface area contributed by atoms with E-state index in [0.717, 1.165) is 96.3 Å². The van der Waals surface area contributed by atoms with Crippen molar-refractivity contribution in [2.45, 2.75) is 329 Å². The van der Waals surface area contributed by atoms with Crippen molar-refractivity contribution in [3.05, 3.63) is 72.9 Å². The minimum Gasteiger partial charge on any atom is -0.462 e. The van der Waals surface area contributed by atoms with Gasteiger partial charge < -0.3 is 14.2 Å². The molecule has 74 heavy (non-hydrogen) atoms. The van der Waals surface area contributed by atoms with Gasteiger partial charge >= 0.3 is 17.9 Å². The van der Waals surface area contributed by atoms with Crippen molar-refractivity contribution in [2.24, 2.45) is 0 Å². The molecule has 6 nitrogen and oxygen atoms in total. The van der Waals surface area contributed by atoms with Crippen LogP contribution in [0.2, 0.25) is 0 Å². The van der Waals surface area contributed by atoms with E-state index in [0.29, 0.717) is 19.3 Å². The molecule has 0 heterocycles. The second kappa shape index (κ2) is 62.4. The molecule has 0 aromatic rings. The van der Waals surface area contributed by atoms with Gasteiger partial charge in [-0.2, -0.15) is 0 Å². The van der Waals surface area contributed by atoms with Gasteiger partial charge in [-0.05, 0) is 109 Å². The molecule has 0 amide bonds. The zero-order valence-corrected chi connectivity index (χ0v) is 49.1. The van der Waals surface area contributed by atoms with E-state index in [-0.39, 0.29) is 31.1 Å². The fourth-order valence-corrected chi connectivity index (χ4v) is 9.13. The van der Waals surface area contributed by atoms with Crippen LogP contribution in [0.4, 0.5) is 0 Å². The van der Waals surface area contributed by atoms with Crippen LogP contribution < -0.4 is 0 Å². The molecule has 0 aromatic carbocycles. The smallest absolute Gasteiger partial charge is 0.306 e. The number of ether oxygens (including phenoxy) is 3. The minimum atomic E-state index is -0.785. The molecule has 0 spiro atoms. The SMILES string of the molecule is CC/C=C\C/C=C\C/C=C\CCCCCCCCCC(=O)OC(COC(=O)CCCCCCC/C=C\CCCCCCC)COC(=O)CCCCCCCCCCCCCCC/C=C\C/C=C\CCCCCCC. The lowest BCUT2D eigenvalue weighted by atomic mass is 10.0. The molecule has 0 saturated heterocycles. The lowest BCUT2D eigenvalue weighted by Crippen LogP contribution is -2.30. The monoisotopic (exact) mass is 1030 g/mol. The Morgan fingerprint density at radius 2 is 0.527 bits per heavy atom. The van der Waals surface area contributed by atoms with E-state index in [2.05, 4.69) is 93.7 Å². The third-order valence-corrected chi connectivity index (χ3v) is 13.9. The fraction of sp³-hybridized carbons (Fsp3) is 0.779. The second-order valence-corrected chi connectivity index (χ2v) is 21.3. The molecule has 1 unspecified atom stereocenters. The number of unbranched alkanes of at least 4 members (excludes halogenated alkanes) is 35. The van der Waals surface area contributed by atoms with Gasteiger partial charge in [0.25, 0.3) is 0 Å². The molecule has 0 aliphatic rings. The first-order chi connectivity index (χ1) is 36.5. The van der Waals surface area contributed by atoms with E-state index in [1.54, 1.807) is 0 Å². The highest BCUT2D eigenvalue weighted by molar-refractivity contribution is 5.71. The number of rotatable bonds is 58. The van der Waals surface area contributed by atoms with Crippen LogP contribution >= 0.6 is 0 Å². The topological polar surface area (TPSA) is 78.9 Å². The second-order valence-electron chi connectivity index (χ2n) is 21.3. The van der Waals surface area contributed by atoms with Crippen molar-refractivity contribution >= 4 is 17.9 Å². The van der Waals surface area contributed by atoms with Gasteiger partial charge in [0.05, 0.1) is 0 Å². The summed E-state index contributed by atoms with van der Waals surface area (Å²) in [6, 6.07) is 0. The van der Waals surface area contributed by atoms with Gasteiger partial charge in [-0.1, -0.05) is 267 Å². The molecule has 0 aliphatic carbocycles. The van der Waals surface area contributed by atoms with E-state index < -0.39 is 6.10 Å². The largest absolute Gasteiger partial charge is 0.462 e. The molecule has 0 rings (SSSR count). The highest BCUT2D eigenvalue weighted by Gasteiger charge is 2.19. The molecule has 0 N–H and O–H groups in total. The summed E-state index contributed by atoms with van der Waals surface area (Å²) in [5.41, 5.74) is 0. The Bertz CT molecular complexity index is 1370. The van der Waals surface area contributed by atoms with Gasteiger partial charge in [0.15, 0.2) is 6.10 Å². The normalized spacial score (nSPS) is 12.5. The Hall–Kier alpha value is -3.15. The Morgan fingerprint density at radius 1 is 0.284 bits per heavy atom. The lowest BCUT2D eigenvalue weighted by molar-refractivity contribution is -0.167. The number of esters is 3. The van der Waals surface area contributed by atoms with Gasteiger partial charge in [0.2, 0.25) is 0 Å². The zero-order chi connectivity index (χ0) is 53.6. The first-order valence-corrected chi connectivity index (χ1v) is 31.9. The third kappa shape index (κ3) is 59.7. The lowest BCUT2D eigenvalue weighted by Gasteiger charge is -2.18. The fourth-order valence-electron chi connectivity index (χ4n) is 9.13. The predicted molar refractivity (Wildman–Crippen MR) is 321 cm³/mol. The number of allylic oxidation sites excluding steroid dienone is 12. The minimum absolute atomic E-state index is 0.0809. The maximum absolute atomic E-state index is 12.9. The molecule has 0 aromatic heterocycles. The molecule has 0 radical (unpaired) electrons. The number of carbonyl (C=O) groups excluding carboxylic acids is 3. The first-order valence-electron chi connectivity index (χ1n) is 31.9. The summed E-state index contributed by atoms with van der Waals surface area (Å²) in [5, 5.41) is 0. The summed E-state index contributed by atoms with van der Waals surface area (Å²) >= 11 is 0. The number of hydrogen-bond acceptors (Lipinski definition) is 6. The maximum atomic E-state index is 12.9. The van der Waals surface area contributed by atoms with E-state index in [1.807, 2.05) is 0 Å². The molecular weight excluding hydrogens is 913 g/mol. The molecule has 0 bridgehead atoms. The van der Waals surface area contributed by atoms with Gasteiger partial charge in [-0.3, -0.25) is 14.4 Å². The molecule has 6 heteroatoms. The van der Waals surface area contributed by atoms with E-state index >= 15 is 0 Å². The summed E-state index contributed by atoms with van der Waals surface area (Å²) in [6.45, 7) is 6.53. The quantitative estimate of drug-likeness (QED) is 0.0261. The van der Waals surface area contributed by atoms with Crippen LogP contribution in [0.1, 0.15) is 323 Å². The van der Waals surface area contributed by atoms with E-state index in [1.165, 1.54) is 186 Å². The first kappa shape index (κ1) is 70.8. The van der Waals surface area contributed by atoms with E-state index in [9.17, 15) is 14.4 Å². The van der Waals surface area contributed by atoms with Gasteiger partial charge in [0.1, 0.15) is 13.2 Å². The Labute approximate surface area is 459 Å². The Balaban J connectivity index is 4.30. The molecule has 1 atom stereocenters. The van der Waals surface area contributed by atoms with Crippen molar-refractivity contribution in [2.75, 3.05) is 13.2 Å². The maximum Gasteiger partial charge on any atom is 0.306 e. The van der Waals surface area contributed by atoms with Crippen LogP contribution in [0.3, 0.4) is 0 Å². The van der Waals surface area contributed by atoms with Crippen LogP contribution in [0.15, 0.2) is 72.9 Å². The molecule has 0 saturated carbocycles. The Morgan fingerprint density at radius 3 is 0.838 bits per heavy atom. The number of carbonyl (C=O) groups is 3. The van der Waals surface area contributed by atoms with Crippen molar-refractivity contribution in [3.63, 3.8) is 0 Å². The predicted octanol–water partition coefficient (Wildman–Crippen LogP) is 21.7. The van der Waals surface area contributed by atoms with E-state index in [4.69, 9.17) is 14.2 Å². The molecule has 0 aliphatic heterocycles. The summed E-state index contributed by atoms with van der Waals surface area (Å²) in [4.78, 5) is 38.3. The average Bonchev–Trinajstić information content (AvgIpc) is 3.40. The van der Waals surface area contributed by atoms with Crippen LogP contribution in [-0.4, -0.2) is 37.2 Å². The van der Waals surface area contributed by atoms with Crippen molar-refractivity contribution in [1.29, 1.82) is 0 Å². The van der Waals surface area contributed by atoms with Crippen LogP contribution in [-0.2, 0) is 28.6 Å². The molecular formula is C68H120O6. The van der Waals surface area contributed by atoms with Gasteiger partial charge in [0, 0.05) is 19.3 Å². The summed E-state index contributed by atoms with van der Waals surface area (Å²) in [7, 11) is 0. The van der Waals surface area contributed by atoms with Gasteiger partial charge in [-0.15, -0.1) is 0 Å². The summed E-state index contributed by atoms with van der Waals surface area (Å²) in [6.07, 6.45) is 80.5. The standard InChI is InChI=1S/C68H120O6/c1-4-7-10-13-16-19-22-25-28-30-31-32-33-34-35-36-37-39-40-43-46-49-52-55-58-61-67(70)73-64-65(63-72-66(69)60-57-54-51-48-45-42-27-24-21-18-15-12-9-6-3)74-68(71)62-59-56-53-50-47-44-41-38-29-26-23-20-17-14-11-8-5-2/h8,11,17,20,22,24-27,29-31,65H,4-7,9-10,12-16,18-19,21,23,28,32-64H2,1-3H3/b11-8-,20-17-,25-22-,27-24-,29-26-,31-30-.